The number of benzene rings is 2. The number of nitrogens with zero attached hydrogens (tertiary/aromatic N) is 1. The van der Waals surface area contributed by atoms with Gasteiger partial charge in [-0.25, -0.2) is 4.79 Å². The first-order chi connectivity index (χ1) is 14.0. The van der Waals surface area contributed by atoms with Crippen molar-refractivity contribution in [3.63, 3.8) is 0 Å². The van der Waals surface area contributed by atoms with E-state index in [0.29, 0.717) is 22.5 Å². The number of amides is 2. The summed E-state index contributed by atoms with van der Waals surface area (Å²) in [5, 5.41) is 5.46. The fraction of sp³-hybridized carbons (Fsp3) is 0.0909. The summed E-state index contributed by atoms with van der Waals surface area (Å²) in [4.78, 5) is 40.4. The lowest BCUT2D eigenvalue weighted by Crippen LogP contribution is -2.17. The van der Waals surface area contributed by atoms with Crippen LogP contribution in [0.15, 0.2) is 66.9 Å². The molecule has 0 atom stereocenters. The quantitative estimate of drug-likeness (QED) is 0.649. The lowest BCUT2D eigenvalue weighted by atomic mass is 10.1. The molecular formula is C22H19N3O4. The Kier molecular flexibility index (Phi) is 5.99. The lowest BCUT2D eigenvalue weighted by Gasteiger charge is -2.08. The van der Waals surface area contributed by atoms with Crippen LogP contribution < -0.4 is 10.6 Å². The summed E-state index contributed by atoms with van der Waals surface area (Å²) in [6, 6.07) is 16.6. The molecule has 1 heterocycles. The van der Waals surface area contributed by atoms with Crippen molar-refractivity contribution in [3.05, 3.63) is 89.2 Å². The Hall–Kier alpha value is -4.00. The lowest BCUT2D eigenvalue weighted by molar-refractivity contribution is 0.0600. The van der Waals surface area contributed by atoms with Crippen molar-refractivity contribution < 1.29 is 19.1 Å². The molecule has 7 heteroatoms. The van der Waals surface area contributed by atoms with Gasteiger partial charge in [0.1, 0.15) is 5.69 Å². The number of rotatable bonds is 5. The summed E-state index contributed by atoms with van der Waals surface area (Å²) in [5.74, 6) is -1.27. The van der Waals surface area contributed by atoms with Gasteiger partial charge in [0.2, 0.25) is 0 Å². The topological polar surface area (TPSA) is 97.4 Å². The fourth-order valence-electron chi connectivity index (χ4n) is 2.54. The third kappa shape index (κ3) is 5.04. The summed E-state index contributed by atoms with van der Waals surface area (Å²) < 4.78 is 4.64. The Morgan fingerprint density at radius 3 is 2.00 bits per heavy atom. The number of hydrogen-bond donors (Lipinski definition) is 2. The average molecular weight is 389 g/mol. The molecule has 29 heavy (non-hydrogen) atoms. The molecule has 0 spiro atoms. The number of aryl methyl sites for hydroxylation is 1. The standard InChI is InChI=1S/C22H19N3O4/c1-14-3-7-17(8-4-14)24-20(26)16-11-12-23-19(13-16)21(27)25-18-9-5-15(6-10-18)22(28)29-2/h3-13H,1-2H3,(H,24,26)(H,25,27). The highest BCUT2D eigenvalue weighted by molar-refractivity contribution is 6.07. The van der Waals surface area contributed by atoms with Crippen molar-refractivity contribution in [2.45, 2.75) is 6.92 Å². The van der Waals surface area contributed by atoms with Crippen LogP contribution in [-0.2, 0) is 4.74 Å². The molecule has 146 valence electrons. The van der Waals surface area contributed by atoms with Gasteiger partial charge in [-0.05, 0) is 55.5 Å². The van der Waals surface area contributed by atoms with E-state index in [4.69, 9.17) is 0 Å². The van der Waals surface area contributed by atoms with E-state index >= 15 is 0 Å². The maximum Gasteiger partial charge on any atom is 0.337 e. The zero-order valence-corrected chi connectivity index (χ0v) is 15.9. The molecule has 0 saturated carbocycles. The van der Waals surface area contributed by atoms with E-state index in [9.17, 15) is 14.4 Å². The Morgan fingerprint density at radius 2 is 1.38 bits per heavy atom. The van der Waals surface area contributed by atoms with Crippen LogP contribution in [0.25, 0.3) is 0 Å². The average Bonchev–Trinajstić information content (AvgIpc) is 2.75. The molecule has 7 nitrogen and oxygen atoms in total. The Bertz CT molecular complexity index is 1040. The summed E-state index contributed by atoms with van der Waals surface area (Å²) in [6.45, 7) is 1.96. The second-order valence-corrected chi connectivity index (χ2v) is 6.27. The molecule has 0 saturated heterocycles. The number of hydrogen-bond acceptors (Lipinski definition) is 5. The van der Waals surface area contributed by atoms with Crippen molar-refractivity contribution in [2.75, 3.05) is 17.7 Å². The second-order valence-electron chi connectivity index (χ2n) is 6.27. The third-order valence-electron chi connectivity index (χ3n) is 4.13. The molecule has 2 amide bonds. The van der Waals surface area contributed by atoms with Gasteiger partial charge < -0.3 is 15.4 Å². The van der Waals surface area contributed by atoms with E-state index < -0.39 is 11.9 Å². The first-order valence-electron chi connectivity index (χ1n) is 8.80. The minimum atomic E-state index is -0.471. The van der Waals surface area contributed by atoms with Crippen molar-refractivity contribution >= 4 is 29.2 Å². The Morgan fingerprint density at radius 1 is 0.793 bits per heavy atom. The highest BCUT2D eigenvalue weighted by atomic mass is 16.5. The molecule has 0 aliphatic carbocycles. The first-order valence-corrected chi connectivity index (χ1v) is 8.80. The number of methoxy groups -OCH3 is 1. The molecule has 0 aliphatic heterocycles. The van der Waals surface area contributed by atoms with Gasteiger partial charge >= 0.3 is 5.97 Å². The molecule has 0 unspecified atom stereocenters. The maximum absolute atomic E-state index is 12.5. The molecule has 2 aromatic carbocycles. The largest absolute Gasteiger partial charge is 0.465 e. The number of aromatic nitrogens is 1. The molecule has 2 N–H and O–H groups in total. The van der Waals surface area contributed by atoms with E-state index in [1.165, 1.54) is 25.4 Å². The van der Waals surface area contributed by atoms with Crippen molar-refractivity contribution in [2.24, 2.45) is 0 Å². The van der Waals surface area contributed by atoms with Crippen LogP contribution >= 0.6 is 0 Å². The molecule has 0 fully saturated rings. The smallest absolute Gasteiger partial charge is 0.337 e. The molecular weight excluding hydrogens is 370 g/mol. The van der Waals surface area contributed by atoms with E-state index in [0.717, 1.165) is 5.56 Å². The number of anilines is 2. The molecule has 1 aromatic heterocycles. The van der Waals surface area contributed by atoms with Crippen molar-refractivity contribution in [1.82, 2.24) is 4.98 Å². The summed E-state index contributed by atoms with van der Waals surface area (Å²) in [7, 11) is 1.30. The Balaban J connectivity index is 1.69. The van der Waals surface area contributed by atoms with Gasteiger partial charge in [0.05, 0.1) is 12.7 Å². The van der Waals surface area contributed by atoms with Gasteiger partial charge in [0.25, 0.3) is 11.8 Å². The van der Waals surface area contributed by atoms with Gasteiger partial charge in [0.15, 0.2) is 0 Å². The SMILES string of the molecule is COC(=O)c1ccc(NC(=O)c2cc(C(=O)Nc3ccc(C)cc3)ccn2)cc1. The molecule has 0 bridgehead atoms. The highest BCUT2D eigenvalue weighted by Gasteiger charge is 2.13. The number of nitrogens with one attached hydrogen (secondary N) is 2. The van der Waals surface area contributed by atoms with Crippen LogP contribution in [0, 0.1) is 6.92 Å². The van der Waals surface area contributed by atoms with Gasteiger partial charge in [-0.15, -0.1) is 0 Å². The number of carbonyl (C=O) groups excluding carboxylic acids is 3. The van der Waals surface area contributed by atoms with Crippen LogP contribution in [-0.4, -0.2) is 29.9 Å². The van der Waals surface area contributed by atoms with Crippen molar-refractivity contribution in [1.29, 1.82) is 0 Å². The normalized spacial score (nSPS) is 10.1. The summed E-state index contributed by atoms with van der Waals surface area (Å²) in [6.07, 6.45) is 1.40. The number of ether oxygens (including phenoxy) is 1. The van der Waals surface area contributed by atoms with Gasteiger partial charge in [-0.1, -0.05) is 17.7 Å². The number of pyridine rings is 1. The fourth-order valence-corrected chi connectivity index (χ4v) is 2.54. The molecule has 3 aromatic rings. The maximum atomic E-state index is 12.5. The zero-order valence-electron chi connectivity index (χ0n) is 15.9. The first kappa shape index (κ1) is 19.8. The van der Waals surface area contributed by atoms with Crippen LogP contribution in [0.4, 0.5) is 11.4 Å². The minimum absolute atomic E-state index is 0.0959. The van der Waals surface area contributed by atoms with Crippen LogP contribution in [0.5, 0.6) is 0 Å². The summed E-state index contributed by atoms with van der Waals surface area (Å²) >= 11 is 0. The van der Waals surface area contributed by atoms with Crippen LogP contribution in [0.1, 0.15) is 36.8 Å². The van der Waals surface area contributed by atoms with Crippen molar-refractivity contribution in [3.8, 4) is 0 Å². The number of esters is 1. The second kappa shape index (κ2) is 8.79. The van der Waals surface area contributed by atoms with E-state index in [2.05, 4.69) is 20.4 Å². The Labute approximate surface area is 167 Å². The molecule has 0 radical (unpaired) electrons. The zero-order chi connectivity index (χ0) is 20.8. The predicted molar refractivity (Wildman–Crippen MR) is 109 cm³/mol. The number of carbonyl (C=O) groups is 3. The van der Waals surface area contributed by atoms with Crippen LogP contribution in [0.3, 0.4) is 0 Å². The van der Waals surface area contributed by atoms with E-state index in [1.54, 1.807) is 36.4 Å². The highest BCUT2D eigenvalue weighted by Crippen LogP contribution is 2.14. The molecule has 0 aliphatic rings. The van der Waals surface area contributed by atoms with Gasteiger partial charge in [0, 0.05) is 23.1 Å². The monoisotopic (exact) mass is 389 g/mol. The van der Waals surface area contributed by atoms with Gasteiger partial charge in [-0.3, -0.25) is 14.6 Å². The third-order valence-corrected chi connectivity index (χ3v) is 4.13. The van der Waals surface area contributed by atoms with Gasteiger partial charge in [-0.2, -0.15) is 0 Å². The predicted octanol–water partition coefficient (Wildman–Crippen LogP) is 3.68. The molecule has 3 rings (SSSR count). The minimum Gasteiger partial charge on any atom is -0.465 e. The van der Waals surface area contributed by atoms with Crippen LogP contribution in [0.2, 0.25) is 0 Å². The van der Waals surface area contributed by atoms with E-state index in [-0.39, 0.29) is 11.6 Å². The van der Waals surface area contributed by atoms with E-state index in [1.807, 2.05) is 19.1 Å². The summed E-state index contributed by atoms with van der Waals surface area (Å²) in [5.41, 5.74) is 3.02.